The van der Waals surface area contributed by atoms with Gasteiger partial charge in [0, 0.05) is 20.1 Å². The summed E-state index contributed by atoms with van der Waals surface area (Å²) in [6.07, 6.45) is 7.76. The van der Waals surface area contributed by atoms with E-state index >= 15 is 0 Å². The maximum Gasteiger partial charge on any atom is 0.214 e. The van der Waals surface area contributed by atoms with Gasteiger partial charge in [-0.2, -0.15) is 0 Å². The highest BCUT2D eigenvalue weighted by atomic mass is 16.5. The van der Waals surface area contributed by atoms with Gasteiger partial charge in [-0.15, -0.1) is 0 Å². The maximum atomic E-state index is 9.22. The topological polar surface area (TPSA) is 61.5 Å². The Morgan fingerprint density at radius 2 is 1.43 bits per heavy atom. The van der Waals surface area contributed by atoms with E-state index in [1.54, 1.807) is 0 Å². The standard InChI is InChI=1S/C12H10O.C8H17.C4H8O.C2H5NO/c1-3-7-11(8-4-1)13-12-9-5-2-6-10-12;1-4-6-7-8(3)5-2;1-2-4-5-3-1;1-2(3)4/h1-10H;8H,3-7H2,1-2H3;1-4H2;1H3,(H2,3,4). The summed E-state index contributed by atoms with van der Waals surface area (Å²) in [6, 6.07) is 19.5. The van der Waals surface area contributed by atoms with Gasteiger partial charge in [-0.25, -0.2) is 0 Å². The molecule has 4 heteroatoms. The van der Waals surface area contributed by atoms with Crippen LogP contribution in [-0.4, -0.2) is 19.1 Å². The quantitative estimate of drug-likeness (QED) is 0.565. The second-order valence-corrected chi connectivity index (χ2v) is 7.07. The highest BCUT2D eigenvalue weighted by Gasteiger charge is 1.95. The molecule has 0 aliphatic carbocycles. The lowest BCUT2D eigenvalue weighted by molar-refractivity contribution is -0.115. The number of unbranched alkanes of at least 4 members (excludes halogenated alkanes) is 1. The van der Waals surface area contributed by atoms with Gasteiger partial charge in [-0.1, -0.05) is 82.9 Å². The zero-order valence-corrected chi connectivity index (χ0v) is 19.0. The number of hydrogen-bond acceptors (Lipinski definition) is 3. The molecule has 0 aromatic heterocycles. The Kier molecular flexibility index (Phi) is 18.4. The Bertz CT molecular complexity index is 564. The Balaban J connectivity index is 0.000000423. The third-order valence-corrected chi connectivity index (χ3v) is 4.09. The molecule has 0 bridgehead atoms. The Labute approximate surface area is 183 Å². The largest absolute Gasteiger partial charge is 0.457 e. The minimum Gasteiger partial charge on any atom is -0.457 e. The van der Waals surface area contributed by atoms with Crippen molar-refractivity contribution in [3.63, 3.8) is 0 Å². The summed E-state index contributed by atoms with van der Waals surface area (Å²) in [5.41, 5.74) is 4.47. The summed E-state index contributed by atoms with van der Waals surface area (Å²) in [4.78, 5) is 9.22. The number of carbonyl (C=O) groups excluding carboxylic acids is 1. The number of nitrogens with two attached hydrogens (primary N) is 1. The van der Waals surface area contributed by atoms with Gasteiger partial charge in [0.1, 0.15) is 11.5 Å². The maximum absolute atomic E-state index is 9.22. The second-order valence-electron chi connectivity index (χ2n) is 7.07. The number of benzene rings is 2. The van der Waals surface area contributed by atoms with Crippen LogP contribution in [0.3, 0.4) is 0 Å². The lowest BCUT2D eigenvalue weighted by Gasteiger charge is -2.04. The minimum atomic E-state index is -0.333. The number of carbonyl (C=O) groups is 1. The van der Waals surface area contributed by atoms with Gasteiger partial charge in [0.05, 0.1) is 0 Å². The first-order valence-electron chi connectivity index (χ1n) is 10.9. The van der Waals surface area contributed by atoms with Crippen molar-refractivity contribution in [3.8, 4) is 11.5 Å². The van der Waals surface area contributed by atoms with Gasteiger partial charge in [-0.3, -0.25) is 4.79 Å². The fourth-order valence-corrected chi connectivity index (χ4v) is 2.32. The molecule has 0 saturated carbocycles. The number of para-hydroxylation sites is 2. The number of hydrogen-bond donors (Lipinski definition) is 1. The number of primary amides is 1. The molecule has 0 spiro atoms. The van der Waals surface area contributed by atoms with Crippen LogP contribution in [0.15, 0.2) is 60.7 Å². The molecule has 1 amide bonds. The molecular formula is C26H40NO3. The van der Waals surface area contributed by atoms with Crippen molar-refractivity contribution in [1.82, 2.24) is 0 Å². The van der Waals surface area contributed by atoms with Crippen LogP contribution in [0, 0.1) is 12.8 Å². The molecular weight excluding hydrogens is 374 g/mol. The predicted molar refractivity (Wildman–Crippen MR) is 127 cm³/mol. The van der Waals surface area contributed by atoms with Gasteiger partial charge in [-0.05, 0) is 43.0 Å². The molecule has 2 N–H and O–H groups in total. The summed E-state index contributed by atoms with van der Waals surface area (Å²) in [6.45, 7) is 11.7. The van der Waals surface area contributed by atoms with Crippen LogP contribution in [-0.2, 0) is 9.53 Å². The average molecular weight is 415 g/mol. The predicted octanol–water partition coefficient (Wildman–Crippen LogP) is 6.80. The lowest BCUT2D eigenvalue weighted by Crippen LogP contribution is -2.01. The molecule has 1 aliphatic heterocycles. The molecule has 1 aliphatic rings. The summed E-state index contributed by atoms with van der Waals surface area (Å²) in [5.74, 6) is 2.11. The first-order valence-corrected chi connectivity index (χ1v) is 10.9. The third-order valence-electron chi connectivity index (χ3n) is 4.09. The van der Waals surface area contributed by atoms with E-state index in [-0.39, 0.29) is 5.91 Å². The van der Waals surface area contributed by atoms with Gasteiger partial charge in [0.2, 0.25) is 5.91 Å². The van der Waals surface area contributed by atoms with Crippen LogP contribution >= 0.6 is 0 Å². The van der Waals surface area contributed by atoms with Gasteiger partial charge in [0.15, 0.2) is 0 Å². The minimum absolute atomic E-state index is 0.333. The van der Waals surface area contributed by atoms with Gasteiger partial charge >= 0.3 is 0 Å². The summed E-state index contributed by atoms with van der Waals surface area (Å²) < 4.78 is 10.5. The first-order chi connectivity index (χ1) is 14.5. The molecule has 1 unspecified atom stereocenters. The van der Waals surface area contributed by atoms with Gasteiger partial charge in [0.25, 0.3) is 0 Å². The van der Waals surface area contributed by atoms with Crippen LogP contribution in [0.1, 0.15) is 59.3 Å². The molecule has 30 heavy (non-hydrogen) atoms. The van der Waals surface area contributed by atoms with Crippen molar-refractivity contribution >= 4 is 5.91 Å². The first kappa shape index (κ1) is 27.7. The lowest BCUT2D eigenvalue weighted by atomic mass is 10.0. The third kappa shape index (κ3) is 19.0. The van der Waals surface area contributed by atoms with Gasteiger partial charge < -0.3 is 15.2 Å². The zero-order chi connectivity index (χ0) is 22.5. The Morgan fingerprint density at radius 1 is 1.00 bits per heavy atom. The van der Waals surface area contributed by atoms with Crippen molar-refractivity contribution in [2.24, 2.45) is 11.7 Å². The molecule has 1 saturated heterocycles. The molecule has 2 aromatic carbocycles. The van der Waals surface area contributed by atoms with Crippen molar-refractivity contribution in [2.45, 2.75) is 59.3 Å². The second kappa shape index (κ2) is 20.0. The van der Waals surface area contributed by atoms with Crippen LogP contribution in [0.25, 0.3) is 0 Å². The summed E-state index contributed by atoms with van der Waals surface area (Å²) in [5, 5.41) is 0. The van der Waals surface area contributed by atoms with E-state index in [0.29, 0.717) is 5.92 Å². The van der Waals surface area contributed by atoms with Crippen molar-refractivity contribution in [1.29, 1.82) is 0 Å². The van der Waals surface area contributed by atoms with Crippen LogP contribution in [0.5, 0.6) is 11.5 Å². The molecule has 1 fully saturated rings. The summed E-state index contributed by atoms with van der Waals surface area (Å²) >= 11 is 0. The average Bonchev–Trinajstić information content (AvgIpc) is 3.34. The fourth-order valence-electron chi connectivity index (χ4n) is 2.32. The molecule has 2 aromatic rings. The highest BCUT2D eigenvalue weighted by Crippen LogP contribution is 2.19. The normalized spacial score (nSPS) is 12.7. The fraction of sp³-hybridized carbons (Fsp3) is 0.462. The molecule has 1 heterocycles. The number of amides is 1. The van der Waals surface area contributed by atoms with E-state index < -0.39 is 0 Å². The number of ether oxygens (including phenoxy) is 2. The highest BCUT2D eigenvalue weighted by molar-refractivity contribution is 5.70. The van der Waals surface area contributed by atoms with E-state index in [1.807, 2.05) is 60.7 Å². The van der Waals surface area contributed by atoms with Crippen LogP contribution in [0.4, 0.5) is 0 Å². The monoisotopic (exact) mass is 414 g/mol. The van der Waals surface area contributed by atoms with E-state index in [4.69, 9.17) is 9.47 Å². The molecule has 4 nitrogen and oxygen atoms in total. The zero-order valence-electron chi connectivity index (χ0n) is 19.0. The van der Waals surface area contributed by atoms with Crippen LogP contribution in [0.2, 0.25) is 0 Å². The number of rotatable bonds is 6. The molecule has 167 valence electrons. The van der Waals surface area contributed by atoms with Crippen molar-refractivity contribution in [3.05, 3.63) is 67.6 Å². The SMILES string of the molecule is C1CCOC1.CC(N)=O.[CH2]C(CC)CCCC.c1ccc(Oc2ccccc2)cc1. The Morgan fingerprint density at radius 3 is 1.73 bits per heavy atom. The van der Waals surface area contributed by atoms with E-state index in [1.165, 1.54) is 45.4 Å². The molecule has 3 rings (SSSR count). The van der Waals surface area contributed by atoms with Crippen molar-refractivity contribution in [2.75, 3.05) is 13.2 Å². The van der Waals surface area contributed by atoms with Crippen molar-refractivity contribution < 1.29 is 14.3 Å². The molecule has 1 radical (unpaired) electrons. The van der Waals surface area contributed by atoms with E-state index in [0.717, 1.165) is 24.7 Å². The van der Waals surface area contributed by atoms with E-state index in [2.05, 4.69) is 26.5 Å². The van der Waals surface area contributed by atoms with Crippen LogP contribution < -0.4 is 10.5 Å². The summed E-state index contributed by atoms with van der Waals surface area (Å²) in [7, 11) is 0. The molecule has 1 atom stereocenters. The Hall–Kier alpha value is -2.33. The smallest absolute Gasteiger partial charge is 0.214 e. The van der Waals surface area contributed by atoms with E-state index in [9.17, 15) is 4.79 Å².